The highest BCUT2D eigenvalue weighted by molar-refractivity contribution is 7.88. The summed E-state index contributed by atoms with van der Waals surface area (Å²) in [6, 6.07) is 7.08. The van der Waals surface area contributed by atoms with Gasteiger partial charge in [-0.1, -0.05) is 6.07 Å². The van der Waals surface area contributed by atoms with Gasteiger partial charge >= 0.3 is 0 Å². The zero-order valence-electron chi connectivity index (χ0n) is 15.4. The number of hydrogen-bond donors (Lipinski definition) is 2. The molecule has 0 aliphatic rings. The molecule has 0 amide bonds. The van der Waals surface area contributed by atoms with Crippen LogP contribution in [-0.2, 0) is 15.8 Å². The van der Waals surface area contributed by atoms with Gasteiger partial charge in [-0.3, -0.25) is 4.79 Å². The molecule has 0 atom stereocenters. The second-order valence-corrected chi connectivity index (χ2v) is 7.86. The van der Waals surface area contributed by atoms with Gasteiger partial charge in [-0.05, 0) is 36.9 Å². The fourth-order valence-electron chi connectivity index (χ4n) is 2.83. The molecule has 148 valence electrons. The Balaban J connectivity index is 2.19. The third-order valence-electron chi connectivity index (χ3n) is 4.25. The van der Waals surface area contributed by atoms with Gasteiger partial charge in [0.1, 0.15) is 11.5 Å². The summed E-state index contributed by atoms with van der Waals surface area (Å²) in [6.07, 6.45) is 0. The Bertz CT molecular complexity index is 1210. The minimum Gasteiger partial charge on any atom is -0.493 e. The average Bonchev–Trinajstić information content (AvgIpc) is 2.68. The predicted octanol–water partition coefficient (Wildman–Crippen LogP) is 1.80. The molecule has 0 bridgehead atoms. The number of fused-ring (bicyclic) bond motifs is 1. The third-order valence-corrected chi connectivity index (χ3v) is 5.58. The highest BCUT2D eigenvalue weighted by Gasteiger charge is 2.18. The van der Waals surface area contributed by atoms with E-state index in [2.05, 4.69) is 14.9 Å². The van der Waals surface area contributed by atoms with Crippen molar-refractivity contribution in [2.45, 2.75) is 5.75 Å². The lowest BCUT2D eigenvalue weighted by Gasteiger charge is -2.12. The largest absolute Gasteiger partial charge is 0.493 e. The first-order chi connectivity index (χ1) is 13.3. The van der Waals surface area contributed by atoms with Crippen LogP contribution in [0.15, 0.2) is 35.1 Å². The number of nitrogens with zero attached hydrogens (tertiary/aromatic N) is 1. The summed E-state index contributed by atoms with van der Waals surface area (Å²) in [5.41, 5.74) is 0.121. The quantitative estimate of drug-likeness (QED) is 0.645. The van der Waals surface area contributed by atoms with Crippen LogP contribution in [-0.4, -0.2) is 39.9 Å². The van der Waals surface area contributed by atoms with Gasteiger partial charge in [0.25, 0.3) is 5.56 Å². The fourth-order valence-corrected chi connectivity index (χ4v) is 3.59. The van der Waals surface area contributed by atoms with E-state index in [1.54, 1.807) is 6.07 Å². The standard InChI is InChI=1S/C18H18FN3O5S/c1-20-28(24,25)9-10-4-5-11(14(19)6-10)17-12-7-15(26-2)16(27-3)8-13(12)18(23)22-21-17/h4-8,20H,9H2,1-3H3,(H,22,23). The molecule has 0 unspecified atom stereocenters. The van der Waals surface area contributed by atoms with Crippen molar-refractivity contribution in [2.75, 3.05) is 21.3 Å². The van der Waals surface area contributed by atoms with Crippen LogP contribution in [0.25, 0.3) is 22.0 Å². The number of aromatic nitrogens is 2. The second-order valence-electron chi connectivity index (χ2n) is 5.93. The first kappa shape index (κ1) is 19.8. The zero-order chi connectivity index (χ0) is 20.5. The van der Waals surface area contributed by atoms with E-state index in [0.29, 0.717) is 16.9 Å². The summed E-state index contributed by atoms with van der Waals surface area (Å²) in [7, 11) is 0.644. The van der Waals surface area contributed by atoms with E-state index < -0.39 is 21.4 Å². The van der Waals surface area contributed by atoms with Crippen molar-refractivity contribution in [3.05, 3.63) is 52.1 Å². The summed E-state index contributed by atoms with van der Waals surface area (Å²) in [5.74, 6) is -0.308. The van der Waals surface area contributed by atoms with Crippen molar-refractivity contribution in [3.8, 4) is 22.8 Å². The molecule has 10 heteroatoms. The number of ether oxygens (including phenoxy) is 2. The molecule has 2 N–H and O–H groups in total. The van der Waals surface area contributed by atoms with Gasteiger partial charge in [0.15, 0.2) is 11.5 Å². The highest BCUT2D eigenvalue weighted by atomic mass is 32.2. The van der Waals surface area contributed by atoms with Crippen LogP contribution in [0.4, 0.5) is 4.39 Å². The molecular formula is C18H18FN3O5S. The summed E-state index contributed by atoms with van der Waals surface area (Å²) in [5, 5.41) is 6.95. The van der Waals surface area contributed by atoms with Gasteiger partial charge in [0.2, 0.25) is 10.0 Å². The zero-order valence-corrected chi connectivity index (χ0v) is 16.2. The van der Waals surface area contributed by atoms with E-state index in [1.807, 2.05) is 0 Å². The number of benzene rings is 2. The molecule has 2 aromatic carbocycles. The summed E-state index contributed by atoms with van der Waals surface area (Å²) in [4.78, 5) is 12.2. The second kappa shape index (κ2) is 7.56. The Morgan fingerprint density at radius 1 is 1.11 bits per heavy atom. The monoisotopic (exact) mass is 407 g/mol. The van der Waals surface area contributed by atoms with E-state index in [1.165, 1.54) is 39.5 Å². The Hall–Kier alpha value is -2.98. The summed E-state index contributed by atoms with van der Waals surface area (Å²) >= 11 is 0. The molecule has 3 rings (SSSR count). The molecule has 0 spiro atoms. The normalized spacial score (nSPS) is 11.6. The minimum absolute atomic E-state index is 0.110. The van der Waals surface area contributed by atoms with Gasteiger partial charge in [0.05, 0.1) is 25.4 Å². The SMILES string of the molecule is CNS(=O)(=O)Cc1ccc(-c2n[nH]c(=O)c3cc(OC)c(OC)cc23)c(F)c1. The Kier molecular flexibility index (Phi) is 5.34. The van der Waals surface area contributed by atoms with Gasteiger partial charge < -0.3 is 9.47 Å². The minimum atomic E-state index is -3.53. The fraction of sp³-hybridized carbons (Fsp3) is 0.222. The van der Waals surface area contributed by atoms with Crippen molar-refractivity contribution in [1.29, 1.82) is 0 Å². The first-order valence-electron chi connectivity index (χ1n) is 8.14. The van der Waals surface area contributed by atoms with E-state index in [-0.39, 0.29) is 28.0 Å². The number of rotatable bonds is 6. The van der Waals surface area contributed by atoms with Crippen LogP contribution in [0.2, 0.25) is 0 Å². The molecule has 0 radical (unpaired) electrons. The molecule has 3 aromatic rings. The van der Waals surface area contributed by atoms with E-state index in [9.17, 15) is 17.6 Å². The maximum absolute atomic E-state index is 14.8. The number of methoxy groups -OCH3 is 2. The van der Waals surface area contributed by atoms with Crippen molar-refractivity contribution >= 4 is 20.8 Å². The lowest BCUT2D eigenvalue weighted by atomic mass is 10.0. The first-order valence-corrected chi connectivity index (χ1v) is 9.79. The Morgan fingerprint density at radius 3 is 2.32 bits per heavy atom. The van der Waals surface area contributed by atoms with Crippen LogP contribution in [0.5, 0.6) is 11.5 Å². The van der Waals surface area contributed by atoms with E-state index in [0.717, 1.165) is 6.07 Å². The third kappa shape index (κ3) is 3.69. The number of halogens is 1. The maximum Gasteiger partial charge on any atom is 0.272 e. The number of hydrogen-bond acceptors (Lipinski definition) is 6. The smallest absolute Gasteiger partial charge is 0.272 e. The van der Waals surface area contributed by atoms with Crippen LogP contribution >= 0.6 is 0 Å². The van der Waals surface area contributed by atoms with Crippen LogP contribution in [0, 0.1) is 5.82 Å². The number of aromatic amines is 1. The molecule has 0 saturated heterocycles. The van der Waals surface area contributed by atoms with Crippen LogP contribution < -0.4 is 19.8 Å². The topological polar surface area (TPSA) is 110 Å². The van der Waals surface area contributed by atoms with Crippen LogP contribution in [0.3, 0.4) is 0 Å². The molecule has 1 aromatic heterocycles. The molecule has 28 heavy (non-hydrogen) atoms. The predicted molar refractivity (Wildman–Crippen MR) is 103 cm³/mol. The van der Waals surface area contributed by atoms with Crippen molar-refractivity contribution in [1.82, 2.24) is 14.9 Å². The van der Waals surface area contributed by atoms with Gasteiger partial charge in [-0.2, -0.15) is 5.10 Å². The highest BCUT2D eigenvalue weighted by Crippen LogP contribution is 2.35. The van der Waals surface area contributed by atoms with E-state index in [4.69, 9.17) is 9.47 Å². The Labute approximate surface area is 160 Å². The molecule has 0 aliphatic carbocycles. The molecule has 0 saturated carbocycles. The molecule has 0 fully saturated rings. The maximum atomic E-state index is 14.8. The van der Waals surface area contributed by atoms with Crippen molar-refractivity contribution in [2.24, 2.45) is 0 Å². The summed E-state index contributed by atoms with van der Waals surface area (Å²) in [6.45, 7) is 0. The lowest BCUT2D eigenvalue weighted by Crippen LogP contribution is -2.20. The average molecular weight is 407 g/mol. The number of sulfonamides is 1. The van der Waals surface area contributed by atoms with Gasteiger partial charge in [-0.15, -0.1) is 0 Å². The van der Waals surface area contributed by atoms with Crippen molar-refractivity contribution in [3.63, 3.8) is 0 Å². The van der Waals surface area contributed by atoms with Crippen LogP contribution in [0.1, 0.15) is 5.56 Å². The molecule has 8 nitrogen and oxygen atoms in total. The van der Waals surface area contributed by atoms with Gasteiger partial charge in [0, 0.05) is 10.9 Å². The lowest BCUT2D eigenvalue weighted by molar-refractivity contribution is 0.356. The molecular weight excluding hydrogens is 389 g/mol. The molecule has 1 heterocycles. The number of H-pyrrole nitrogens is 1. The van der Waals surface area contributed by atoms with E-state index >= 15 is 0 Å². The number of nitrogens with one attached hydrogen (secondary N) is 2. The summed E-state index contributed by atoms with van der Waals surface area (Å²) < 4.78 is 50.7. The molecule has 0 aliphatic heterocycles. The van der Waals surface area contributed by atoms with Crippen molar-refractivity contribution < 1.29 is 22.3 Å². The Morgan fingerprint density at radius 2 is 1.75 bits per heavy atom. The van der Waals surface area contributed by atoms with Gasteiger partial charge in [-0.25, -0.2) is 22.6 Å².